The van der Waals surface area contributed by atoms with Crippen molar-refractivity contribution in [3.05, 3.63) is 53.4 Å². The van der Waals surface area contributed by atoms with Crippen molar-refractivity contribution in [3.8, 4) is 5.75 Å². The molecule has 1 saturated heterocycles. The molecule has 0 saturated carbocycles. The van der Waals surface area contributed by atoms with E-state index in [1.54, 1.807) is 25.3 Å². The normalized spacial score (nSPS) is 26.5. The number of hydrogen-bond donors (Lipinski definition) is 3. The maximum Gasteiger partial charge on any atom is 0.258 e. The van der Waals surface area contributed by atoms with Crippen LogP contribution in [-0.4, -0.2) is 23.9 Å². The Kier molecular flexibility index (Phi) is 2.97. The van der Waals surface area contributed by atoms with Crippen molar-refractivity contribution in [2.45, 2.75) is 6.42 Å². The number of allylic oxidation sites excluding steroid dienone is 5. The number of anilines is 1. The molecule has 1 unspecified atom stereocenters. The summed E-state index contributed by atoms with van der Waals surface area (Å²) in [4.78, 5) is 12.5. The van der Waals surface area contributed by atoms with Crippen LogP contribution in [0.1, 0.15) is 12.0 Å². The molecule has 1 fully saturated rings. The Morgan fingerprint density at radius 3 is 3.00 bits per heavy atom. The number of nitrogens with zero attached hydrogens (tertiary/aromatic N) is 1. The standard InChI is InChI=1S/C17H15N3O3/c1-23-9-6-7-13-11(8-9)14(17(21)19-13)16-15(20-22)10-4-2-3-5-12(10)18-16/h2-3,5-8,10,18,22H,4H2,1H3,(H,19,21)/b16-14-,20-15+. The van der Waals surface area contributed by atoms with Gasteiger partial charge in [-0.1, -0.05) is 17.3 Å². The molecule has 0 aromatic heterocycles. The van der Waals surface area contributed by atoms with E-state index in [4.69, 9.17) is 4.74 Å². The highest BCUT2D eigenvalue weighted by atomic mass is 16.5. The summed E-state index contributed by atoms with van der Waals surface area (Å²) in [7, 11) is 1.58. The second kappa shape index (κ2) is 5.01. The number of amides is 1. The van der Waals surface area contributed by atoms with Crippen molar-refractivity contribution in [1.82, 2.24) is 5.32 Å². The summed E-state index contributed by atoms with van der Waals surface area (Å²) in [6.07, 6.45) is 6.64. The fraction of sp³-hybridized carbons (Fsp3) is 0.176. The fourth-order valence-corrected chi connectivity index (χ4v) is 3.23. The number of oxime groups is 1. The van der Waals surface area contributed by atoms with Gasteiger partial charge in [-0.05, 0) is 30.7 Å². The number of hydrogen-bond acceptors (Lipinski definition) is 5. The molecule has 1 amide bonds. The van der Waals surface area contributed by atoms with Crippen LogP contribution in [0.2, 0.25) is 0 Å². The van der Waals surface area contributed by atoms with Gasteiger partial charge in [-0.25, -0.2) is 0 Å². The molecule has 3 N–H and O–H groups in total. The van der Waals surface area contributed by atoms with Gasteiger partial charge in [0.05, 0.1) is 24.3 Å². The molecule has 2 heterocycles. The average Bonchev–Trinajstić information content (AvgIpc) is 3.09. The van der Waals surface area contributed by atoms with E-state index in [0.29, 0.717) is 22.7 Å². The molecule has 0 radical (unpaired) electrons. The van der Waals surface area contributed by atoms with E-state index < -0.39 is 0 Å². The monoisotopic (exact) mass is 309 g/mol. The van der Waals surface area contributed by atoms with E-state index >= 15 is 0 Å². The summed E-state index contributed by atoms with van der Waals surface area (Å²) in [6.45, 7) is 0. The quantitative estimate of drug-likeness (QED) is 0.422. The highest BCUT2D eigenvalue weighted by molar-refractivity contribution is 6.36. The van der Waals surface area contributed by atoms with Crippen LogP contribution in [0.15, 0.2) is 53.0 Å². The molecule has 0 spiro atoms. The molecule has 4 rings (SSSR count). The predicted octanol–water partition coefficient (Wildman–Crippen LogP) is 2.25. The van der Waals surface area contributed by atoms with Gasteiger partial charge >= 0.3 is 0 Å². The number of carbonyl (C=O) groups excluding carboxylic acids is 1. The van der Waals surface area contributed by atoms with Gasteiger partial charge in [-0.3, -0.25) is 4.79 Å². The Bertz CT molecular complexity index is 833. The highest BCUT2D eigenvalue weighted by Gasteiger charge is 2.38. The van der Waals surface area contributed by atoms with Gasteiger partial charge in [-0.2, -0.15) is 0 Å². The molecule has 1 aromatic rings. The Balaban J connectivity index is 1.90. The molecule has 6 nitrogen and oxygen atoms in total. The predicted molar refractivity (Wildman–Crippen MR) is 86.2 cm³/mol. The first-order valence-electron chi connectivity index (χ1n) is 7.33. The van der Waals surface area contributed by atoms with E-state index in [9.17, 15) is 10.0 Å². The first-order valence-corrected chi connectivity index (χ1v) is 7.33. The Morgan fingerprint density at radius 1 is 1.35 bits per heavy atom. The van der Waals surface area contributed by atoms with E-state index in [-0.39, 0.29) is 11.8 Å². The molecule has 23 heavy (non-hydrogen) atoms. The first kappa shape index (κ1) is 13.6. The number of nitrogens with one attached hydrogen (secondary N) is 2. The SMILES string of the molecule is COc1ccc2c(c1)/C(=C1/NC3=CC=CCC3/C1=N\O)C(=O)N2. The molecule has 0 bridgehead atoms. The van der Waals surface area contributed by atoms with Gasteiger partial charge in [0.1, 0.15) is 11.5 Å². The van der Waals surface area contributed by atoms with E-state index in [1.165, 1.54) is 0 Å². The van der Waals surface area contributed by atoms with Crippen LogP contribution in [0.4, 0.5) is 5.69 Å². The van der Waals surface area contributed by atoms with Crippen LogP contribution in [-0.2, 0) is 4.79 Å². The number of benzene rings is 1. The van der Waals surface area contributed by atoms with Crippen molar-refractivity contribution < 1.29 is 14.7 Å². The highest BCUT2D eigenvalue weighted by Crippen LogP contribution is 2.40. The lowest BCUT2D eigenvalue weighted by molar-refractivity contribution is -0.110. The van der Waals surface area contributed by atoms with Crippen LogP contribution in [0.3, 0.4) is 0 Å². The van der Waals surface area contributed by atoms with Gasteiger partial charge < -0.3 is 20.6 Å². The van der Waals surface area contributed by atoms with E-state index in [2.05, 4.69) is 15.8 Å². The number of carbonyl (C=O) groups is 1. The molecular weight excluding hydrogens is 294 g/mol. The zero-order chi connectivity index (χ0) is 16.0. The summed E-state index contributed by atoms with van der Waals surface area (Å²) in [5.41, 5.74) is 3.91. The number of ether oxygens (including phenoxy) is 1. The molecule has 6 heteroatoms. The third-order valence-corrected chi connectivity index (χ3v) is 4.34. The lowest BCUT2D eigenvalue weighted by Gasteiger charge is -2.10. The number of methoxy groups -OCH3 is 1. The lowest BCUT2D eigenvalue weighted by Crippen LogP contribution is -2.15. The first-order chi connectivity index (χ1) is 11.2. The summed E-state index contributed by atoms with van der Waals surface area (Å²) < 4.78 is 5.25. The number of rotatable bonds is 1. The maximum absolute atomic E-state index is 12.5. The minimum atomic E-state index is -0.218. The van der Waals surface area contributed by atoms with Crippen molar-refractivity contribution >= 4 is 22.9 Å². The minimum Gasteiger partial charge on any atom is -0.497 e. The Hall–Kier alpha value is -3.02. The van der Waals surface area contributed by atoms with Crippen molar-refractivity contribution in [2.24, 2.45) is 11.1 Å². The van der Waals surface area contributed by atoms with Gasteiger partial charge in [0.25, 0.3) is 5.91 Å². The second-order valence-corrected chi connectivity index (χ2v) is 5.56. The van der Waals surface area contributed by atoms with Crippen LogP contribution < -0.4 is 15.4 Å². The fourth-order valence-electron chi connectivity index (χ4n) is 3.23. The zero-order valence-electron chi connectivity index (χ0n) is 12.5. The van der Waals surface area contributed by atoms with Crippen LogP contribution in [0, 0.1) is 5.92 Å². The average molecular weight is 309 g/mol. The smallest absolute Gasteiger partial charge is 0.258 e. The third-order valence-electron chi connectivity index (χ3n) is 4.34. The molecule has 3 aliphatic rings. The molecule has 1 atom stereocenters. The second-order valence-electron chi connectivity index (χ2n) is 5.56. The zero-order valence-corrected chi connectivity index (χ0v) is 12.5. The summed E-state index contributed by atoms with van der Waals surface area (Å²) >= 11 is 0. The van der Waals surface area contributed by atoms with Gasteiger partial charge in [0, 0.05) is 16.9 Å². The van der Waals surface area contributed by atoms with Gasteiger partial charge in [0.15, 0.2) is 0 Å². The third kappa shape index (κ3) is 1.95. The molecular formula is C17H15N3O3. The Labute approximate surface area is 132 Å². The summed E-state index contributed by atoms with van der Waals surface area (Å²) in [5.74, 6) is 0.399. The van der Waals surface area contributed by atoms with Crippen LogP contribution in [0.5, 0.6) is 5.75 Å². The molecule has 1 aliphatic carbocycles. The Morgan fingerprint density at radius 2 is 2.22 bits per heavy atom. The molecule has 2 aliphatic heterocycles. The van der Waals surface area contributed by atoms with Gasteiger partial charge in [-0.15, -0.1) is 0 Å². The largest absolute Gasteiger partial charge is 0.497 e. The topological polar surface area (TPSA) is 82.9 Å². The maximum atomic E-state index is 12.5. The van der Waals surface area contributed by atoms with Crippen LogP contribution in [0.25, 0.3) is 5.57 Å². The molecule has 116 valence electrons. The van der Waals surface area contributed by atoms with Gasteiger partial charge in [0.2, 0.25) is 0 Å². The minimum absolute atomic E-state index is 0.0463. The molecule has 1 aromatic carbocycles. The summed E-state index contributed by atoms with van der Waals surface area (Å²) in [5, 5.41) is 19.0. The van der Waals surface area contributed by atoms with E-state index in [1.807, 2.05) is 18.2 Å². The van der Waals surface area contributed by atoms with Crippen molar-refractivity contribution in [3.63, 3.8) is 0 Å². The number of fused-ring (bicyclic) bond motifs is 2. The van der Waals surface area contributed by atoms with Crippen molar-refractivity contribution in [2.75, 3.05) is 12.4 Å². The van der Waals surface area contributed by atoms with E-state index in [0.717, 1.165) is 23.4 Å². The summed E-state index contributed by atoms with van der Waals surface area (Å²) in [6, 6.07) is 5.40. The lowest BCUT2D eigenvalue weighted by atomic mass is 9.93. The van der Waals surface area contributed by atoms with Crippen LogP contribution >= 0.6 is 0 Å². The van der Waals surface area contributed by atoms with Crippen molar-refractivity contribution in [1.29, 1.82) is 0 Å².